The van der Waals surface area contributed by atoms with Crippen LogP contribution in [0, 0.1) is 5.92 Å². The SMILES string of the molecule is CCC1CC(=O)C=C2C1=CC(c1ccc(O)cc1)=C2c1ccccc1. The minimum atomic E-state index is 0.208. The van der Waals surface area contributed by atoms with Crippen LogP contribution in [-0.4, -0.2) is 10.9 Å². The fourth-order valence-corrected chi connectivity index (χ4v) is 3.81. The van der Waals surface area contributed by atoms with Gasteiger partial charge in [0.25, 0.3) is 0 Å². The summed E-state index contributed by atoms with van der Waals surface area (Å²) in [7, 11) is 0. The van der Waals surface area contributed by atoms with Crippen LogP contribution in [0.3, 0.4) is 0 Å². The number of benzene rings is 2. The quantitative estimate of drug-likeness (QED) is 0.844. The molecule has 0 heterocycles. The Hall–Kier alpha value is -2.87. The highest BCUT2D eigenvalue weighted by atomic mass is 16.3. The maximum absolute atomic E-state index is 12.3. The van der Waals surface area contributed by atoms with E-state index in [0.29, 0.717) is 6.42 Å². The highest BCUT2D eigenvalue weighted by molar-refractivity contribution is 6.12. The van der Waals surface area contributed by atoms with Gasteiger partial charge in [-0.1, -0.05) is 49.4 Å². The average molecular weight is 328 g/mol. The van der Waals surface area contributed by atoms with Gasteiger partial charge in [-0.05, 0) is 70.0 Å². The molecule has 0 radical (unpaired) electrons. The maximum Gasteiger partial charge on any atom is 0.156 e. The second kappa shape index (κ2) is 6.21. The fraction of sp³-hybridized carbons (Fsp3) is 0.174. The molecule has 0 aliphatic heterocycles. The van der Waals surface area contributed by atoms with Gasteiger partial charge in [0.15, 0.2) is 5.78 Å². The Morgan fingerprint density at radius 3 is 2.36 bits per heavy atom. The van der Waals surface area contributed by atoms with Gasteiger partial charge in [0.2, 0.25) is 0 Å². The molecule has 2 nitrogen and oxygen atoms in total. The number of carbonyl (C=O) groups excluding carboxylic acids is 1. The van der Waals surface area contributed by atoms with Crippen molar-refractivity contribution in [2.24, 2.45) is 5.92 Å². The second-order valence-electron chi connectivity index (χ2n) is 6.63. The van der Waals surface area contributed by atoms with E-state index in [2.05, 4.69) is 25.1 Å². The number of ketones is 1. The molecule has 0 bridgehead atoms. The van der Waals surface area contributed by atoms with Crippen LogP contribution in [0.1, 0.15) is 30.9 Å². The third-order valence-corrected chi connectivity index (χ3v) is 5.08. The third-order valence-electron chi connectivity index (χ3n) is 5.08. The van der Waals surface area contributed by atoms with E-state index in [9.17, 15) is 9.90 Å². The largest absolute Gasteiger partial charge is 0.508 e. The summed E-state index contributed by atoms with van der Waals surface area (Å²) in [4.78, 5) is 12.3. The van der Waals surface area contributed by atoms with E-state index in [-0.39, 0.29) is 17.5 Å². The summed E-state index contributed by atoms with van der Waals surface area (Å²) in [5.41, 5.74) is 6.75. The Labute approximate surface area is 147 Å². The first-order valence-electron chi connectivity index (χ1n) is 8.73. The Morgan fingerprint density at radius 2 is 1.68 bits per heavy atom. The summed E-state index contributed by atoms with van der Waals surface area (Å²) in [6.07, 6.45) is 5.60. The van der Waals surface area contributed by atoms with E-state index < -0.39 is 0 Å². The Kier molecular flexibility index (Phi) is 3.89. The molecule has 0 saturated carbocycles. The van der Waals surface area contributed by atoms with Crippen molar-refractivity contribution >= 4 is 16.9 Å². The van der Waals surface area contributed by atoms with Gasteiger partial charge >= 0.3 is 0 Å². The van der Waals surface area contributed by atoms with Crippen molar-refractivity contribution in [2.45, 2.75) is 19.8 Å². The van der Waals surface area contributed by atoms with Gasteiger partial charge in [-0.15, -0.1) is 0 Å². The molecule has 2 aliphatic rings. The standard InChI is InChI=1S/C23H20O2/c1-2-15-12-19(25)13-22-20(15)14-21(16-8-10-18(24)11-9-16)23(22)17-6-4-3-5-7-17/h3-11,13-15,24H,2,12H2,1H3. The van der Waals surface area contributed by atoms with E-state index in [1.807, 2.05) is 36.4 Å². The van der Waals surface area contributed by atoms with E-state index >= 15 is 0 Å². The molecular formula is C23H20O2. The molecule has 2 aromatic carbocycles. The monoisotopic (exact) mass is 328 g/mol. The first-order chi connectivity index (χ1) is 12.2. The summed E-state index contributed by atoms with van der Waals surface area (Å²) in [6.45, 7) is 2.14. The molecule has 25 heavy (non-hydrogen) atoms. The maximum atomic E-state index is 12.3. The average Bonchev–Trinajstić information content (AvgIpc) is 3.01. The van der Waals surface area contributed by atoms with Gasteiger partial charge < -0.3 is 5.11 Å². The lowest BCUT2D eigenvalue weighted by Crippen LogP contribution is -2.15. The third kappa shape index (κ3) is 2.74. The van der Waals surface area contributed by atoms with Gasteiger partial charge in [0.1, 0.15) is 5.75 Å². The summed E-state index contributed by atoms with van der Waals surface area (Å²) in [5.74, 6) is 0.745. The van der Waals surface area contributed by atoms with Crippen LogP contribution in [-0.2, 0) is 4.79 Å². The zero-order chi connectivity index (χ0) is 17.4. The zero-order valence-corrected chi connectivity index (χ0v) is 14.2. The Morgan fingerprint density at radius 1 is 0.960 bits per heavy atom. The van der Waals surface area contributed by atoms with Gasteiger partial charge in [0.05, 0.1) is 0 Å². The molecule has 1 atom stereocenters. The number of phenolic OH excluding ortho intramolecular Hbond substituents is 1. The van der Waals surface area contributed by atoms with Crippen LogP contribution in [0.4, 0.5) is 0 Å². The van der Waals surface area contributed by atoms with Gasteiger partial charge in [-0.25, -0.2) is 0 Å². The Bertz CT molecular complexity index is 912. The predicted molar refractivity (Wildman–Crippen MR) is 101 cm³/mol. The van der Waals surface area contributed by atoms with Crippen molar-refractivity contribution in [2.75, 3.05) is 0 Å². The Balaban J connectivity index is 1.95. The number of aromatic hydroxyl groups is 1. The number of allylic oxidation sites excluding steroid dienone is 6. The molecule has 2 aromatic rings. The first-order valence-corrected chi connectivity index (χ1v) is 8.73. The lowest BCUT2D eigenvalue weighted by atomic mass is 9.80. The molecule has 2 heteroatoms. The van der Waals surface area contributed by atoms with Crippen molar-refractivity contribution in [3.63, 3.8) is 0 Å². The lowest BCUT2D eigenvalue weighted by molar-refractivity contribution is -0.115. The number of fused-ring (bicyclic) bond motifs is 1. The van der Waals surface area contributed by atoms with Crippen molar-refractivity contribution < 1.29 is 9.90 Å². The molecule has 1 unspecified atom stereocenters. The molecule has 0 saturated heterocycles. The summed E-state index contributed by atoms with van der Waals surface area (Å²) >= 11 is 0. The van der Waals surface area contributed by atoms with Gasteiger partial charge in [-0.3, -0.25) is 4.79 Å². The summed E-state index contributed by atoms with van der Waals surface area (Å²) in [5, 5.41) is 9.62. The van der Waals surface area contributed by atoms with Crippen LogP contribution in [0.15, 0.2) is 77.9 Å². The zero-order valence-electron chi connectivity index (χ0n) is 14.2. The molecule has 124 valence electrons. The number of carbonyl (C=O) groups is 1. The molecular weight excluding hydrogens is 308 g/mol. The smallest absolute Gasteiger partial charge is 0.156 e. The van der Waals surface area contributed by atoms with Crippen LogP contribution >= 0.6 is 0 Å². The highest BCUT2D eigenvalue weighted by Gasteiger charge is 2.32. The summed E-state index contributed by atoms with van der Waals surface area (Å²) in [6, 6.07) is 17.5. The van der Waals surface area contributed by atoms with Crippen LogP contribution < -0.4 is 0 Å². The normalized spacial score (nSPS) is 19.6. The molecule has 0 spiro atoms. The molecule has 0 fully saturated rings. The number of hydrogen-bond acceptors (Lipinski definition) is 2. The van der Waals surface area contributed by atoms with E-state index in [0.717, 1.165) is 34.3 Å². The van der Waals surface area contributed by atoms with Gasteiger partial charge in [0, 0.05) is 6.42 Å². The first kappa shape index (κ1) is 15.6. The highest BCUT2D eigenvalue weighted by Crippen LogP contribution is 2.48. The number of hydrogen-bond donors (Lipinski definition) is 1. The van der Waals surface area contributed by atoms with Crippen LogP contribution in [0.2, 0.25) is 0 Å². The van der Waals surface area contributed by atoms with Crippen LogP contribution in [0.25, 0.3) is 11.1 Å². The van der Waals surface area contributed by atoms with Crippen molar-refractivity contribution in [3.8, 4) is 5.75 Å². The molecule has 2 aliphatic carbocycles. The van der Waals surface area contributed by atoms with E-state index in [1.165, 1.54) is 5.57 Å². The molecule has 0 amide bonds. The number of phenols is 1. The topological polar surface area (TPSA) is 37.3 Å². The fourth-order valence-electron chi connectivity index (χ4n) is 3.81. The lowest BCUT2D eigenvalue weighted by Gasteiger charge is -2.23. The summed E-state index contributed by atoms with van der Waals surface area (Å²) < 4.78 is 0. The van der Waals surface area contributed by atoms with Gasteiger partial charge in [-0.2, -0.15) is 0 Å². The van der Waals surface area contributed by atoms with Crippen molar-refractivity contribution in [1.82, 2.24) is 0 Å². The predicted octanol–water partition coefficient (Wildman–Crippen LogP) is 5.17. The molecule has 4 rings (SSSR count). The van der Waals surface area contributed by atoms with Crippen LogP contribution in [0.5, 0.6) is 5.75 Å². The van der Waals surface area contributed by atoms with Crippen molar-refractivity contribution in [1.29, 1.82) is 0 Å². The minimum absolute atomic E-state index is 0.208. The minimum Gasteiger partial charge on any atom is -0.508 e. The molecule has 0 aromatic heterocycles. The number of rotatable bonds is 3. The molecule has 1 N–H and O–H groups in total. The van der Waals surface area contributed by atoms with E-state index in [4.69, 9.17) is 0 Å². The second-order valence-corrected chi connectivity index (χ2v) is 6.63. The van der Waals surface area contributed by atoms with E-state index in [1.54, 1.807) is 12.1 Å². The van der Waals surface area contributed by atoms with Crippen molar-refractivity contribution in [3.05, 3.63) is 89.0 Å².